The molecule has 1 aliphatic rings. The average Bonchev–Trinajstić information content (AvgIpc) is 3.03. The predicted molar refractivity (Wildman–Crippen MR) is 82.9 cm³/mol. The van der Waals surface area contributed by atoms with Crippen LogP contribution in [0.4, 0.5) is 0 Å². The van der Waals surface area contributed by atoms with Crippen LogP contribution in [0.2, 0.25) is 0 Å². The standard InChI is InChI=1S/C17H23N3O/c1-21-16-12-20(13-17-18-8-9-19-17)10-7-15(16)11-14-5-3-2-4-6-14/h2-6,8-9,15-16H,7,10-13H2,1H3,(H,18,19)/t15-,16+/m1/s1. The summed E-state index contributed by atoms with van der Waals surface area (Å²) in [6.45, 7) is 2.97. The van der Waals surface area contributed by atoms with Crippen LogP contribution in [0.3, 0.4) is 0 Å². The van der Waals surface area contributed by atoms with Gasteiger partial charge in [-0.1, -0.05) is 30.3 Å². The quantitative estimate of drug-likeness (QED) is 0.917. The van der Waals surface area contributed by atoms with Gasteiger partial charge in [0.05, 0.1) is 12.6 Å². The third-order valence-corrected chi connectivity index (χ3v) is 4.35. The first-order valence-electron chi connectivity index (χ1n) is 7.62. The zero-order valence-corrected chi connectivity index (χ0v) is 12.5. The molecule has 2 atom stereocenters. The molecule has 0 radical (unpaired) electrons. The normalized spacial score (nSPS) is 23.3. The van der Waals surface area contributed by atoms with E-state index in [0.29, 0.717) is 12.0 Å². The fourth-order valence-corrected chi connectivity index (χ4v) is 3.19. The van der Waals surface area contributed by atoms with Crippen molar-refractivity contribution in [3.63, 3.8) is 0 Å². The Balaban J connectivity index is 1.58. The van der Waals surface area contributed by atoms with Gasteiger partial charge in [-0.25, -0.2) is 4.98 Å². The molecule has 1 aromatic carbocycles. The van der Waals surface area contributed by atoms with Gasteiger partial charge in [0.2, 0.25) is 0 Å². The molecule has 3 rings (SSSR count). The van der Waals surface area contributed by atoms with Gasteiger partial charge in [0.1, 0.15) is 5.82 Å². The number of nitrogens with one attached hydrogen (secondary N) is 1. The first-order valence-corrected chi connectivity index (χ1v) is 7.62. The Kier molecular flexibility index (Phi) is 4.68. The van der Waals surface area contributed by atoms with Crippen molar-refractivity contribution in [2.45, 2.75) is 25.5 Å². The van der Waals surface area contributed by atoms with Crippen molar-refractivity contribution < 1.29 is 4.74 Å². The van der Waals surface area contributed by atoms with Crippen LogP contribution in [-0.2, 0) is 17.7 Å². The lowest BCUT2D eigenvalue weighted by Crippen LogP contribution is -2.45. The van der Waals surface area contributed by atoms with Gasteiger partial charge in [-0.05, 0) is 30.9 Å². The Hall–Kier alpha value is -1.65. The second-order valence-corrected chi connectivity index (χ2v) is 5.78. The first-order chi connectivity index (χ1) is 10.3. The van der Waals surface area contributed by atoms with Gasteiger partial charge in [0.25, 0.3) is 0 Å². The second-order valence-electron chi connectivity index (χ2n) is 5.78. The molecule has 2 heterocycles. The van der Waals surface area contributed by atoms with Gasteiger partial charge < -0.3 is 9.72 Å². The van der Waals surface area contributed by atoms with Crippen LogP contribution in [0.15, 0.2) is 42.7 Å². The predicted octanol–water partition coefficient (Wildman–Crippen LogP) is 2.49. The summed E-state index contributed by atoms with van der Waals surface area (Å²) >= 11 is 0. The molecule has 2 aromatic rings. The molecule has 1 N–H and O–H groups in total. The molecule has 1 fully saturated rings. The van der Waals surface area contributed by atoms with E-state index in [2.05, 4.69) is 45.2 Å². The van der Waals surface area contributed by atoms with Gasteiger partial charge in [-0.2, -0.15) is 0 Å². The van der Waals surface area contributed by atoms with Gasteiger partial charge in [-0.3, -0.25) is 4.90 Å². The lowest BCUT2D eigenvalue weighted by molar-refractivity contribution is -0.0142. The Bertz CT molecular complexity index is 526. The number of hydrogen-bond acceptors (Lipinski definition) is 3. The number of imidazole rings is 1. The van der Waals surface area contributed by atoms with Crippen molar-refractivity contribution in [1.82, 2.24) is 14.9 Å². The minimum Gasteiger partial charge on any atom is -0.380 e. The van der Waals surface area contributed by atoms with Crippen LogP contribution >= 0.6 is 0 Å². The van der Waals surface area contributed by atoms with E-state index >= 15 is 0 Å². The molecule has 1 saturated heterocycles. The van der Waals surface area contributed by atoms with Crippen molar-refractivity contribution in [1.29, 1.82) is 0 Å². The molecular weight excluding hydrogens is 262 g/mol. The van der Waals surface area contributed by atoms with E-state index in [4.69, 9.17) is 4.74 Å². The molecule has 1 aromatic heterocycles. The molecule has 0 aliphatic carbocycles. The Labute approximate surface area is 126 Å². The van der Waals surface area contributed by atoms with E-state index in [1.807, 2.05) is 19.5 Å². The summed E-state index contributed by atoms with van der Waals surface area (Å²) in [6.07, 6.45) is 6.27. The first kappa shape index (κ1) is 14.3. The summed E-state index contributed by atoms with van der Waals surface area (Å²) in [6, 6.07) is 10.7. The van der Waals surface area contributed by atoms with Crippen LogP contribution in [0.5, 0.6) is 0 Å². The van der Waals surface area contributed by atoms with Gasteiger partial charge >= 0.3 is 0 Å². The maximum Gasteiger partial charge on any atom is 0.120 e. The summed E-state index contributed by atoms with van der Waals surface area (Å²) in [4.78, 5) is 9.91. The third kappa shape index (κ3) is 3.71. The second kappa shape index (κ2) is 6.87. The molecule has 0 saturated carbocycles. The Morgan fingerprint density at radius 1 is 1.33 bits per heavy atom. The van der Waals surface area contributed by atoms with Gasteiger partial charge in [0.15, 0.2) is 0 Å². The van der Waals surface area contributed by atoms with E-state index in [1.165, 1.54) is 12.0 Å². The number of aromatic nitrogens is 2. The molecule has 0 unspecified atom stereocenters. The fourth-order valence-electron chi connectivity index (χ4n) is 3.19. The van der Waals surface area contributed by atoms with E-state index in [0.717, 1.165) is 31.9 Å². The zero-order chi connectivity index (χ0) is 14.5. The van der Waals surface area contributed by atoms with Crippen molar-refractivity contribution in [2.75, 3.05) is 20.2 Å². The average molecular weight is 285 g/mol. The number of piperidine rings is 1. The number of likely N-dealkylation sites (tertiary alicyclic amines) is 1. The number of methoxy groups -OCH3 is 1. The van der Waals surface area contributed by atoms with Crippen molar-refractivity contribution >= 4 is 0 Å². The third-order valence-electron chi connectivity index (χ3n) is 4.35. The van der Waals surface area contributed by atoms with Crippen molar-refractivity contribution in [2.24, 2.45) is 5.92 Å². The molecule has 4 heteroatoms. The highest BCUT2D eigenvalue weighted by Crippen LogP contribution is 2.24. The molecule has 0 bridgehead atoms. The summed E-state index contributed by atoms with van der Waals surface area (Å²) in [7, 11) is 1.83. The SMILES string of the molecule is CO[C@H]1CN(Cc2ncc[nH]2)CC[C@@H]1Cc1ccccc1. The number of benzene rings is 1. The zero-order valence-electron chi connectivity index (χ0n) is 12.5. The number of aromatic amines is 1. The van der Waals surface area contributed by atoms with Crippen LogP contribution in [0.1, 0.15) is 17.8 Å². The smallest absolute Gasteiger partial charge is 0.120 e. The molecular formula is C17H23N3O. The van der Waals surface area contributed by atoms with Crippen LogP contribution < -0.4 is 0 Å². The number of H-pyrrole nitrogens is 1. The highest BCUT2D eigenvalue weighted by atomic mass is 16.5. The van der Waals surface area contributed by atoms with Crippen molar-refractivity contribution in [3.8, 4) is 0 Å². The number of nitrogens with zero attached hydrogens (tertiary/aromatic N) is 2. The molecule has 4 nitrogen and oxygen atoms in total. The lowest BCUT2D eigenvalue weighted by atomic mass is 9.87. The van der Waals surface area contributed by atoms with Gasteiger partial charge in [0, 0.05) is 26.0 Å². The minimum atomic E-state index is 0.300. The largest absolute Gasteiger partial charge is 0.380 e. The lowest BCUT2D eigenvalue weighted by Gasteiger charge is -2.37. The summed E-state index contributed by atoms with van der Waals surface area (Å²) < 4.78 is 5.75. The molecule has 21 heavy (non-hydrogen) atoms. The van der Waals surface area contributed by atoms with Gasteiger partial charge in [-0.15, -0.1) is 0 Å². The maximum atomic E-state index is 5.75. The fraction of sp³-hybridized carbons (Fsp3) is 0.471. The van der Waals surface area contributed by atoms with E-state index in [9.17, 15) is 0 Å². The highest BCUT2D eigenvalue weighted by molar-refractivity contribution is 5.15. The number of rotatable bonds is 5. The number of ether oxygens (including phenoxy) is 1. The topological polar surface area (TPSA) is 41.1 Å². The van der Waals surface area contributed by atoms with Crippen LogP contribution in [-0.4, -0.2) is 41.2 Å². The molecule has 0 spiro atoms. The molecule has 112 valence electrons. The number of hydrogen-bond donors (Lipinski definition) is 1. The monoisotopic (exact) mass is 285 g/mol. The Morgan fingerprint density at radius 2 is 2.19 bits per heavy atom. The highest BCUT2D eigenvalue weighted by Gasteiger charge is 2.29. The van der Waals surface area contributed by atoms with Crippen molar-refractivity contribution in [3.05, 3.63) is 54.1 Å². The van der Waals surface area contributed by atoms with E-state index in [1.54, 1.807) is 0 Å². The minimum absolute atomic E-state index is 0.300. The van der Waals surface area contributed by atoms with E-state index in [-0.39, 0.29) is 0 Å². The molecule has 0 amide bonds. The van der Waals surface area contributed by atoms with E-state index < -0.39 is 0 Å². The summed E-state index contributed by atoms with van der Waals surface area (Å²) in [5, 5.41) is 0. The van der Waals surface area contributed by atoms with Crippen LogP contribution in [0.25, 0.3) is 0 Å². The molecule has 1 aliphatic heterocycles. The summed E-state index contributed by atoms with van der Waals surface area (Å²) in [5.41, 5.74) is 1.41. The van der Waals surface area contributed by atoms with Crippen LogP contribution in [0, 0.1) is 5.92 Å². The summed E-state index contributed by atoms with van der Waals surface area (Å²) in [5.74, 6) is 1.64. The Morgan fingerprint density at radius 3 is 2.90 bits per heavy atom. The maximum absolute atomic E-state index is 5.75.